The molecule has 6 nitrogen and oxygen atoms in total. The summed E-state index contributed by atoms with van der Waals surface area (Å²) in [5.41, 5.74) is 0. The molecule has 28 heavy (non-hydrogen) atoms. The van der Waals surface area contributed by atoms with Crippen molar-refractivity contribution < 1.29 is 23.8 Å². The second-order valence-electron chi connectivity index (χ2n) is 7.19. The standard InChI is InChI=1S/C22H35NO5/c1-4-7-8-9-10-11-20(23)28-17-12-13-18(21(24)26-14-5-2)19(16-17)22(25)27-15-6-3/h5-6,17-19,23H,2-4,7-16H2,1H3. The minimum atomic E-state index is -0.631. The number of carbonyl (C=O) groups excluding carboxylic acids is 2. The first-order chi connectivity index (χ1) is 13.5. The Bertz CT molecular complexity index is 531. The number of nitrogens with one attached hydrogen (secondary N) is 1. The molecule has 0 bridgehead atoms. The summed E-state index contributed by atoms with van der Waals surface area (Å²) >= 11 is 0. The van der Waals surface area contributed by atoms with Gasteiger partial charge in [-0.2, -0.15) is 0 Å². The van der Waals surface area contributed by atoms with Crippen LogP contribution in [0.2, 0.25) is 0 Å². The lowest BCUT2D eigenvalue weighted by Gasteiger charge is -2.33. The SMILES string of the molecule is C=CCOC(=O)C1CCC(OC(=N)CCCCCCC)CC1C(=O)OCC=C. The Balaban J connectivity index is 2.59. The van der Waals surface area contributed by atoms with Gasteiger partial charge in [0, 0.05) is 6.42 Å². The number of carbonyl (C=O) groups is 2. The molecule has 0 amide bonds. The molecule has 3 atom stereocenters. The summed E-state index contributed by atoms with van der Waals surface area (Å²) in [6, 6.07) is 0. The second-order valence-corrected chi connectivity index (χ2v) is 7.19. The molecular formula is C22H35NO5. The van der Waals surface area contributed by atoms with Gasteiger partial charge < -0.3 is 14.2 Å². The Kier molecular flexibility index (Phi) is 11.9. The van der Waals surface area contributed by atoms with Crippen molar-refractivity contribution in [3.63, 3.8) is 0 Å². The molecule has 6 heteroatoms. The van der Waals surface area contributed by atoms with Gasteiger partial charge >= 0.3 is 11.9 Å². The van der Waals surface area contributed by atoms with E-state index < -0.39 is 23.8 Å². The second kappa shape index (κ2) is 14.0. The van der Waals surface area contributed by atoms with Gasteiger partial charge in [-0.15, -0.1) is 0 Å². The third-order valence-corrected chi connectivity index (χ3v) is 4.91. The fourth-order valence-corrected chi connectivity index (χ4v) is 3.43. The van der Waals surface area contributed by atoms with Crippen LogP contribution in [0.5, 0.6) is 0 Å². The molecule has 0 saturated heterocycles. The van der Waals surface area contributed by atoms with Gasteiger partial charge in [-0.3, -0.25) is 15.0 Å². The smallest absolute Gasteiger partial charge is 0.310 e. The Hall–Kier alpha value is -2.11. The van der Waals surface area contributed by atoms with Crippen LogP contribution in [0.3, 0.4) is 0 Å². The van der Waals surface area contributed by atoms with E-state index in [0.29, 0.717) is 25.7 Å². The number of unbranched alkanes of at least 4 members (excludes halogenated alkanes) is 4. The highest BCUT2D eigenvalue weighted by molar-refractivity contribution is 5.82. The van der Waals surface area contributed by atoms with Crippen LogP contribution in [0.1, 0.15) is 64.7 Å². The van der Waals surface area contributed by atoms with Gasteiger partial charge in [0.25, 0.3) is 0 Å². The molecular weight excluding hydrogens is 358 g/mol. The van der Waals surface area contributed by atoms with E-state index in [4.69, 9.17) is 19.6 Å². The van der Waals surface area contributed by atoms with E-state index in [-0.39, 0.29) is 25.2 Å². The quantitative estimate of drug-likeness (QED) is 0.163. The predicted molar refractivity (Wildman–Crippen MR) is 109 cm³/mol. The predicted octanol–water partition coefficient (Wildman–Crippen LogP) is 4.58. The molecule has 0 aromatic heterocycles. The van der Waals surface area contributed by atoms with Gasteiger partial charge in [0.2, 0.25) is 0 Å². The van der Waals surface area contributed by atoms with Crippen molar-refractivity contribution in [1.82, 2.24) is 0 Å². The highest BCUT2D eigenvalue weighted by atomic mass is 16.5. The molecule has 0 heterocycles. The average Bonchev–Trinajstić information content (AvgIpc) is 2.69. The van der Waals surface area contributed by atoms with Crippen molar-refractivity contribution in [2.75, 3.05) is 13.2 Å². The number of ether oxygens (including phenoxy) is 3. The van der Waals surface area contributed by atoms with Crippen LogP contribution in [0, 0.1) is 17.2 Å². The van der Waals surface area contributed by atoms with Crippen molar-refractivity contribution >= 4 is 17.8 Å². The third kappa shape index (κ3) is 8.72. The lowest BCUT2D eigenvalue weighted by Crippen LogP contribution is -2.40. The van der Waals surface area contributed by atoms with Gasteiger partial charge in [0.15, 0.2) is 5.90 Å². The summed E-state index contributed by atoms with van der Waals surface area (Å²) in [4.78, 5) is 24.8. The molecule has 0 aromatic rings. The molecule has 158 valence electrons. The maximum Gasteiger partial charge on any atom is 0.310 e. The summed E-state index contributed by atoms with van der Waals surface area (Å²) in [6.45, 7) is 9.46. The summed E-state index contributed by atoms with van der Waals surface area (Å²) in [6.07, 6.45) is 10.4. The van der Waals surface area contributed by atoms with Crippen molar-refractivity contribution in [1.29, 1.82) is 5.41 Å². The molecule has 3 unspecified atom stereocenters. The molecule has 0 spiro atoms. The lowest BCUT2D eigenvalue weighted by molar-refractivity contribution is -0.163. The maximum absolute atomic E-state index is 12.4. The molecule has 1 saturated carbocycles. The number of esters is 2. The van der Waals surface area contributed by atoms with Crippen LogP contribution >= 0.6 is 0 Å². The van der Waals surface area contributed by atoms with Gasteiger partial charge in [0.1, 0.15) is 19.3 Å². The highest BCUT2D eigenvalue weighted by Crippen LogP contribution is 2.34. The van der Waals surface area contributed by atoms with Crippen LogP contribution in [-0.4, -0.2) is 37.2 Å². The lowest BCUT2D eigenvalue weighted by atomic mass is 9.77. The van der Waals surface area contributed by atoms with E-state index in [2.05, 4.69) is 20.1 Å². The fraction of sp³-hybridized carbons (Fsp3) is 0.682. The first-order valence-corrected chi connectivity index (χ1v) is 10.3. The van der Waals surface area contributed by atoms with E-state index in [1.165, 1.54) is 31.4 Å². The van der Waals surface area contributed by atoms with Gasteiger partial charge in [-0.05, 0) is 25.7 Å². The largest absolute Gasteiger partial charge is 0.478 e. The van der Waals surface area contributed by atoms with Gasteiger partial charge in [-0.25, -0.2) is 0 Å². The van der Waals surface area contributed by atoms with E-state index in [9.17, 15) is 9.59 Å². The summed E-state index contributed by atoms with van der Waals surface area (Å²) in [5.74, 6) is -1.79. The zero-order chi connectivity index (χ0) is 20.8. The van der Waals surface area contributed by atoms with Crippen molar-refractivity contribution in [3.8, 4) is 0 Å². The third-order valence-electron chi connectivity index (χ3n) is 4.91. The summed E-state index contributed by atoms with van der Waals surface area (Å²) in [5, 5.41) is 8.06. The monoisotopic (exact) mass is 393 g/mol. The van der Waals surface area contributed by atoms with E-state index in [1.54, 1.807) is 0 Å². The molecule has 0 radical (unpaired) electrons. The van der Waals surface area contributed by atoms with Crippen LogP contribution in [0.15, 0.2) is 25.3 Å². The van der Waals surface area contributed by atoms with Crippen molar-refractivity contribution in [3.05, 3.63) is 25.3 Å². The van der Waals surface area contributed by atoms with E-state index in [0.717, 1.165) is 12.8 Å². The Morgan fingerprint density at radius 2 is 1.57 bits per heavy atom. The van der Waals surface area contributed by atoms with Crippen LogP contribution < -0.4 is 0 Å². The molecule has 1 fully saturated rings. The molecule has 1 aliphatic rings. The highest BCUT2D eigenvalue weighted by Gasteiger charge is 2.42. The molecule has 1 rings (SSSR count). The Morgan fingerprint density at radius 3 is 2.18 bits per heavy atom. The number of hydrogen-bond acceptors (Lipinski definition) is 6. The Morgan fingerprint density at radius 1 is 0.964 bits per heavy atom. The summed E-state index contributed by atoms with van der Waals surface area (Å²) < 4.78 is 16.1. The van der Waals surface area contributed by atoms with Crippen LogP contribution in [-0.2, 0) is 23.8 Å². The molecule has 1 N–H and O–H groups in total. The fourth-order valence-electron chi connectivity index (χ4n) is 3.43. The van der Waals surface area contributed by atoms with Crippen LogP contribution in [0.4, 0.5) is 0 Å². The molecule has 0 aromatic carbocycles. The van der Waals surface area contributed by atoms with Crippen LogP contribution in [0.25, 0.3) is 0 Å². The zero-order valence-corrected chi connectivity index (χ0v) is 17.1. The number of hydrogen-bond donors (Lipinski definition) is 1. The average molecular weight is 394 g/mol. The van der Waals surface area contributed by atoms with Gasteiger partial charge in [-0.1, -0.05) is 57.9 Å². The minimum Gasteiger partial charge on any atom is -0.478 e. The first kappa shape index (κ1) is 23.9. The first-order valence-electron chi connectivity index (χ1n) is 10.3. The maximum atomic E-state index is 12.4. The molecule has 1 aliphatic carbocycles. The van der Waals surface area contributed by atoms with Crippen molar-refractivity contribution in [2.45, 2.75) is 70.8 Å². The van der Waals surface area contributed by atoms with E-state index in [1.807, 2.05) is 0 Å². The Labute approximate surface area is 168 Å². The minimum absolute atomic E-state index is 0.100. The van der Waals surface area contributed by atoms with Crippen molar-refractivity contribution in [2.24, 2.45) is 11.8 Å². The molecule has 0 aliphatic heterocycles. The van der Waals surface area contributed by atoms with Gasteiger partial charge in [0.05, 0.1) is 11.8 Å². The topological polar surface area (TPSA) is 85.7 Å². The number of rotatable bonds is 13. The summed E-state index contributed by atoms with van der Waals surface area (Å²) in [7, 11) is 0. The normalized spacial score (nSPS) is 21.4. The zero-order valence-electron chi connectivity index (χ0n) is 17.1. The van der Waals surface area contributed by atoms with E-state index >= 15 is 0 Å².